The number of Topliss-reactive ketones (excluding diaryl/α,β-unsaturated/α-hetero) is 1. The van der Waals surface area contributed by atoms with Gasteiger partial charge in [0.2, 0.25) is 15.9 Å². The van der Waals surface area contributed by atoms with Gasteiger partial charge in [-0.1, -0.05) is 12.1 Å². The van der Waals surface area contributed by atoms with E-state index in [1.807, 2.05) is 0 Å². The van der Waals surface area contributed by atoms with E-state index in [4.69, 9.17) is 0 Å². The van der Waals surface area contributed by atoms with Crippen LogP contribution in [0.2, 0.25) is 0 Å². The normalized spacial score (nSPS) is 19.4. The molecule has 0 aromatic heterocycles. The first-order valence-corrected chi connectivity index (χ1v) is 8.13. The summed E-state index contributed by atoms with van der Waals surface area (Å²) < 4.78 is 26.3. The van der Waals surface area contributed by atoms with Crippen LogP contribution in [0.25, 0.3) is 0 Å². The van der Waals surface area contributed by atoms with Gasteiger partial charge in [0.25, 0.3) is 0 Å². The van der Waals surface area contributed by atoms with Crippen LogP contribution in [-0.2, 0) is 14.8 Å². The molecule has 0 aliphatic carbocycles. The summed E-state index contributed by atoms with van der Waals surface area (Å²) in [5, 5.41) is 2.73. The predicted octanol–water partition coefficient (Wildman–Crippen LogP) is 0.788. The molecule has 1 amide bonds. The Bertz CT molecular complexity index is 652. The summed E-state index contributed by atoms with van der Waals surface area (Å²) in [5.74, 6) is -0.268. The van der Waals surface area contributed by atoms with Gasteiger partial charge in [0.1, 0.15) is 0 Å². The first-order chi connectivity index (χ1) is 9.80. The number of carbonyl (C=O) groups excluding carboxylic acids is 2. The predicted molar refractivity (Wildman–Crippen MR) is 77.4 cm³/mol. The number of sulfonamides is 1. The second-order valence-corrected chi connectivity index (χ2v) is 7.07. The number of nitrogens with zero attached hydrogens (tertiary/aromatic N) is 1. The van der Waals surface area contributed by atoms with Crippen LogP contribution < -0.4 is 5.32 Å². The Kier molecular flexibility index (Phi) is 4.43. The zero-order chi connectivity index (χ0) is 15.6. The fourth-order valence-corrected chi connectivity index (χ4v) is 3.86. The molecule has 6 nitrogen and oxygen atoms in total. The third-order valence-corrected chi connectivity index (χ3v) is 5.34. The lowest BCUT2D eigenvalue weighted by atomic mass is 10.2. The fourth-order valence-electron chi connectivity index (χ4n) is 2.36. The van der Waals surface area contributed by atoms with Crippen molar-refractivity contribution in [3.05, 3.63) is 29.8 Å². The second kappa shape index (κ2) is 5.95. The highest BCUT2D eigenvalue weighted by Crippen LogP contribution is 2.21. The van der Waals surface area contributed by atoms with Crippen molar-refractivity contribution in [3.63, 3.8) is 0 Å². The molecular weight excluding hydrogens is 292 g/mol. The van der Waals surface area contributed by atoms with Gasteiger partial charge in [0.05, 0.1) is 4.90 Å². The maximum Gasteiger partial charge on any atom is 0.243 e. The fraction of sp³-hybridized carbons (Fsp3) is 0.429. The van der Waals surface area contributed by atoms with Gasteiger partial charge in [0.15, 0.2) is 5.78 Å². The van der Waals surface area contributed by atoms with Crippen LogP contribution >= 0.6 is 0 Å². The topological polar surface area (TPSA) is 83.6 Å². The molecule has 0 saturated carbocycles. The highest BCUT2D eigenvalue weighted by atomic mass is 32.2. The molecule has 1 aliphatic heterocycles. The van der Waals surface area contributed by atoms with Gasteiger partial charge in [0, 0.05) is 31.6 Å². The maximum atomic E-state index is 12.5. The Hall–Kier alpha value is -1.73. The van der Waals surface area contributed by atoms with Crippen molar-refractivity contribution >= 4 is 21.7 Å². The van der Waals surface area contributed by atoms with Crippen molar-refractivity contribution < 1.29 is 18.0 Å². The number of hydrogen-bond acceptors (Lipinski definition) is 4. The number of nitrogens with one attached hydrogen (secondary N) is 1. The lowest BCUT2D eigenvalue weighted by Crippen LogP contribution is -2.37. The molecule has 0 radical (unpaired) electrons. The van der Waals surface area contributed by atoms with Crippen LogP contribution in [0, 0.1) is 0 Å². The lowest BCUT2D eigenvalue weighted by Gasteiger charge is -2.17. The molecular formula is C14H18N2O4S. The van der Waals surface area contributed by atoms with E-state index < -0.39 is 10.0 Å². The molecule has 2 rings (SSSR count). The summed E-state index contributed by atoms with van der Waals surface area (Å²) >= 11 is 0. The number of benzene rings is 1. The molecule has 1 unspecified atom stereocenters. The van der Waals surface area contributed by atoms with Crippen molar-refractivity contribution in [2.45, 2.75) is 31.2 Å². The van der Waals surface area contributed by atoms with Crippen molar-refractivity contribution in [2.75, 3.05) is 13.1 Å². The molecule has 7 heteroatoms. The van der Waals surface area contributed by atoms with Crippen LogP contribution in [0.1, 0.15) is 30.6 Å². The van der Waals surface area contributed by atoms with Gasteiger partial charge in [-0.15, -0.1) is 0 Å². The van der Waals surface area contributed by atoms with Gasteiger partial charge < -0.3 is 5.32 Å². The first kappa shape index (κ1) is 15.7. The zero-order valence-corrected chi connectivity index (χ0v) is 12.8. The average Bonchev–Trinajstić information content (AvgIpc) is 2.87. The number of rotatable bonds is 4. The van der Waals surface area contributed by atoms with Crippen molar-refractivity contribution in [3.8, 4) is 0 Å². The molecule has 21 heavy (non-hydrogen) atoms. The standard InChI is InChI=1S/C14H18N2O4S/c1-10(17)12-3-5-14(6-4-12)21(19,20)16-8-7-13(9-16)15-11(2)18/h3-6,13H,7-9H2,1-2H3,(H,15,18). The van der Waals surface area contributed by atoms with Crippen molar-refractivity contribution in [2.24, 2.45) is 0 Å². The minimum absolute atomic E-state index is 0.106. The zero-order valence-electron chi connectivity index (χ0n) is 12.0. The van der Waals surface area contributed by atoms with E-state index in [2.05, 4.69) is 5.32 Å². The summed E-state index contributed by atoms with van der Waals surface area (Å²) in [5.41, 5.74) is 0.478. The van der Waals surface area contributed by atoms with Crippen LogP contribution in [0.4, 0.5) is 0 Å². The molecule has 114 valence electrons. The van der Waals surface area contributed by atoms with Crippen LogP contribution in [-0.4, -0.2) is 43.5 Å². The third kappa shape index (κ3) is 3.48. The Balaban J connectivity index is 2.15. The smallest absolute Gasteiger partial charge is 0.243 e. The quantitative estimate of drug-likeness (QED) is 0.833. The van der Waals surface area contributed by atoms with Gasteiger partial charge in [-0.05, 0) is 25.5 Å². The van der Waals surface area contributed by atoms with E-state index in [-0.39, 0.29) is 29.2 Å². The number of ketones is 1. The molecule has 1 heterocycles. The minimum atomic E-state index is -3.58. The molecule has 1 aromatic carbocycles. The van der Waals surface area contributed by atoms with Crippen LogP contribution in [0.3, 0.4) is 0 Å². The van der Waals surface area contributed by atoms with Crippen LogP contribution in [0.5, 0.6) is 0 Å². The van der Waals surface area contributed by atoms with Crippen molar-refractivity contribution in [1.82, 2.24) is 9.62 Å². The lowest BCUT2D eigenvalue weighted by molar-refractivity contribution is -0.119. The Labute approximate surface area is 124 Å². The third-order valence-electron chi connectivity index (χ3n) is 3.46. The monoisotopic (exact) mass is 310 g/mol. The second-order valence-electron chi connectivity index (χ2n) is 5.13. The molecule has 1 saturated heterocycles. The highest BCUT2D eigenvalue weighted by Gasteiger charge is 2.32. The maximum absolute atomic E-state index is 12.5. The van der Waals surface area contributed by atoms with E-state index in [1.54, 1.807) is 0 Å². The summed E-state index contributed by atoms with van der Waals surface area (Å²) in [6.45, 7) is 3.50. The SMILES string of the molecule is CC(=O)NC1CCN(S(=O)(=O)c2ccc(C(C)=O)cc2)C1. The molecule has 1 atom stereocenters. The molecule has 0 bridgehead atoms. The number of hydrogen-bond donors (Lipinski definition) is 1. The summed E-state index contributed by atoms with van der Waals surface area (Å²) in [6, 6.07) is 5.76. The summed E-state index contributed by atoms with van der Waals surface area (Å²) in [7, 11) is -3.58. The van der Waals surface area contributed by atoms with Gasteiger partial charge in [-0.25, -0.2) is 8.42 Å². The van der Waals surface area contributed by atoms with Gasteiger partial charge >= 0.3 is 0 Å². The highest BCUT2D eigenvalue weighted by molar-refractivity contribution is 7.89. The largest absolute Gasteiger partial charge is 0.352 e. The Morgan fingerprint density at radius 1 is 1.19 bits per heavy atom. The van der Waals surface area contributed by atoms with E-state index in [1.165, 1.54) is 42.4 Å². The van der Waals surface area contributed by atoms with Gasteiger partial charge in [-0.2, -0.15) is 4.31 Å². The van der Waals surface area contributed by atoms with Crippen LogP contribution in [0.15, 0.2) is 29.2 Å². The molecule has 1 N–H and O–H groups in total. The van der Waals surface area contributed by atoms with Crippen molar-refractivity contribution in [1.29, 1.82) is 0 Å². The molecule has 1 aliphatic rings. The number of amides is 1. The summed E-state index contributed by atoms with van der Waals surface area (Å²) in [6.07, 6.45) is 0.602. The number of carbonyl (C=O) groups is 2. The Morgan fingerprint density at radius 2 is 1.81 bits per heavy atom. The minimum Gasteiger partial charge on any atom is -0.352 e. The Morgan fingerprint density at radius 3 is 2.33 bits per heavy atom. The van der Waals surface area contributed by atoms with E-state index in [9.17, 15) is 18.0 Å². The average molecular weight is 310 g/mol. The molecule has 1 fully saturated rings. The molecule has 0 spiro atoms. The van der Waals surface area contributed by atoms with E-state index in [0.717, 1.165) is 0 Å². The molecule has 1 aromatic rings. The van der Waals surface area contributed by atoms with Gasteiger partial charge in [-0.3, -0.25) is 9.59 Å². The first-order valence-electron chi connectivity index (χ1n) is 6.69. The van der Waals surface area contributed by atoms with E-state index >= 15 is 0 Å². The van der Waals surface area contributed by atoms with E-state index in [0.29, 0.717) is 18.5 Å². The summed E-state index contributed by atoms with van der Waals surface area (Å²) in [4.78, 5) is 22.4.